The zero-order valence-corrected chi connectivity index (χ0v) is 16.3. The molecule has 2 heterocycles. The number of nitro groups is 2. The number of amides is 1. The Morgan fingerprint density at radius 1 is 1.10 bits per heavy atom. The van der Waals surface area contributed by atoms with Gasteiger partial charge in [0.15, 0.2) is 0 Å². The molecule has 1 aliphatic rings. The summed E-state index contributed by atoms with van der Waals surface area (Å²) in [6.45, 7) is 6.02. The van der Waals surface area contributed by atoms with Crippen molar-refractivity contribution >= 4 is 17.3 Å². The van der Waals surface area contributed by atoms with E-state index in [-0.39, 0.29) is 23.8 Å². The molecule has 0 bridgehead atoms. The van der Waals surface area contributed by atoms with Gasteiger partial charge in [0.05, 0.1) is 9.85 Å². The fourth-order valence-corrected chi connectivity index (χ4v) is 3.52. The molecule has 1 saturated heterocycles. The summed E-state index contributed by atoms with van der Waals surface area (Å²) >= 11 is 0. The highest BCUT2D eigenvalue weighted by molar-refractivity contribution is 5.76. The van der Waals surface area contributed by atoms with Crippen molar-refractivity contribution in [2.75, 3.05) is 26.2 Å². The molecule has 29 heavy (non-hydrogen) atoms. The molecule has 154 valence electrons. The van der Waals surface area contributed by atoms with E-state index in [0.717, 1.165) is 5.56 Å². The first-order valence-electron chi connectivity index (χ1n) is 9.18. The van der Waals surface area contributed by atoms with Crippen molar-refractivity contribution in [1.82, 2.24) is 19.6 Å². The number of carbonyl (C=O) groups excluding carboxylic acids is 1. The summed E-state index contributed by atoms with van der Waals surface area (Å²) in [5.74, 6) is -0.138. The topological polar surface area (TPSA) is 128 Å². The van der Waals surface area contributed by atoms with Gasteiger partial charge in [-0.25, -0.2) is 0 Å². The minimum atomic E-state index is -0.481. The van der Waals surface area contributed by atoms with Crippen LogP contribution in [-0.2, 0) is 17.9 Å². The summed E-state index contributed by atoms with van der Waals surface area (Å²) in [7, 11) is 0. The van der Waals surface area contributed by atoms with E-state index in [0.29, 0.717) is 44.1 Å². The molecule has 0 saturated carbocycles. The lowest BCUT2D eigenvalue weighted by Crippen LogP contribution is -2.49. The Morgan fingerprint density at radius 2 is 1.79 bits per heavy atom. The van der Waals surface area contributed by atoms with Crippen LogP contribution in [0.5, 0.6) is 0 Å². The standard InChI is InChI=1S/C18H22N6O5/c1-13-18(24(28)29)14(2)22(19-13)12-17(25)21-8-6-20(7-9-21)11-15-4-3-5-16(10-15)23(26)27/h3-5,10H,6-9,11-12H2,1-2H3. The van der Waals surface area contributed by atoms with Crippen molar-refractivity contribution in [2.45, 2.75) is 26.9 Å². The van der Waals surface area contributed by atoms with Gasteiger partial charge in [0.2, 0.25) is 5.91 Å². The normalized spacial score (nSPS) is 14.8. The number of hydrogen-bond donors (Lipinski definition) is 0. The maximum Gasteiger partial charge on any atom is 0.312 e. The van der Waals surface area contributed by atoms with Crippen molar-refractivity contribution in [3.8, 4) is 0 Å². The minimum absolute atomic E-state index is 0.0363. The SMILES string of the molecule is Cc1nn(CC(=O)N2CCN(Cc3cccc([N+](=O)[O-])c3)CC2)c(C)c1[N+](=O)[O-]. The molecule has 1 aliphatic heterocycles. The van der Waals surface area contributed by atoms with Gasteiger partial charge in [-0.3, -0.25) is 34.6 Å². The summed E-state index contributed by atoms with van der Waals surface area (Å²) < 4.78 is 1.38. The van der Waals surface area contributed by atoms with Crippen molar-refractivity contribution in [3.63, 3.8) is 0 Å². The minimum Gasteiger partial charge on any atom is -0.339 e. The first-order valence-corrected chi connectivity index (χ1v) is 9.18. The van der Waals surface area contributed by atoms with Crippen molar-refractivity contribution < 1.29 is 14.6 Å². The lowest BCUT2D eigenvalue weighted by atomic mass is 10.1. The molecule has 1 fully saturated rings. The zero-order valence-electron chi connectivity index (χ0n) is 16.3. The molecule has 0 spiro atoms. The molecule has 0 aliphatic carbocycles. The Labute approximate surface area is 166 Å². The van der Waals surface area contributed by atoms with Crippen LogP contribution in [0, 0.1) is 34.1 Å². The second-order valence-electron chi connectivity index (χ2n) is 7.02. The van der Waals surface area contributed by atoms with Crippen molar-refractivity contribution in [3.05, 3.63) is 61.4 Å². The average Bonchev–Trinajstić information content (AvgIpc) is 2.95. The fourth-order valence-electron chi connectivity index (χ4n) is 3.52. The lowest BCUT2D eigenvalue weighted by molar-refractivity contribution is -0.386. The van der Waals surface area contributed by atoms with Crippen molar-refractivity contribution in [2.24, 2.45) is 0 Å². The van der Waals surface area contributed by atoms with E-state index in [1.165, 1.54) is 10.7 Å². The Bertz CT molecular complexity index is 948. The van der Waals surface area contributed by atoms with E-state index >= 15 is 0 Å². The second-order valence-corrected chi connectivity index (χ2v) is 7.02. The van der Waals surface area contributed by atoms with Crippen LogP contribution in [0.15, 0.2) is 24.3 Å². The van der Waals surface area contributed by atoms with Gasteiger partial charge in [0, 0.05) is 44.9 Å². The fraction of sp³-hybridized carbons (Fsp3) is 0.444. The quantitative estimate of drug-likeness (QED) is 0.531. The summed E-state index contributed by atoms with van der Waals surface area (Å²) in [5, 5.41) is 26.1. The van der Waals surface area contributed by atoms with E-state index in [1.54, 1.807) is 30.9 Å². The molecule has 0 unspecified atom stereocenters. The number of rotatable bonds is 6. The number of aryl methyl sites for hydroxylation is 1. The van der Waals surface area contributed by atoms with Crippen LogP contribution in [0.25, 0.3) is 0 Å². The average molecular weight is 402 g/mol. The highest BCUT2D eigenvalue weighted by atomic mass is 16.6. The molecular weight excluding hydrogens is 380 g/mol. The smallest absolute Gasteiger partial charge is 0.312 e. The molecule has 11 nitrogen and oxygen atoms in total. The Morgan fingerprint density at radius 3 is 2.38 bits per heavy atom. The van der Waals surface area contributed by atoms with Gasteiger partial charge in [-0.2, -0.15) is 5.10 Å². The van der Waals surface area contributed by atoms with Gasteiger partial charge in [0.25, 0.3) is 5.69 Å². The van der Waals surface area contributed by atoms with Gasteiger partial charge in [-0.05, 0) is 19.4 Å². The van der Waals surface area contributed by atoms with Crippen molar-refractivity contribution in [1.29, 1.82) is 0 Å². The van der Waals surface area contributed by atoms with E-state index in [1.807, 2.05) is 6.07 Å². The molecule has 2 aromatic rings. The number of piperazine rings is 1. The number of nitrogens with zero attached hydrogens (tertiary/aromatic N) is 6. The van der Waals surface area contributed by atoms with Crippen LogP contribution in [0.1, 0.15) is 17.0 Å². The lowest BCUT2D eigenvalue weighted by Gasteiger charge is -2.34. The van der Waals surface area contributed by atoms with Gasteiger partial charge < -0.3 is 4.90 Å². The van der Waals surface area contributed by atoms with Crippen LogP contribution >= 0.6 is 0 Å². The van der Waals surface area contributed by atoms with Crippen LogP contribution < -0.4 is 0 Å². The first-order chi connectivity index (χ1) is 13.8. The van der Waals surface area contributed by atoms with Crippen LogP contribution in [0.3, 0.4) is 0 Å². The molecule has 0 N–H and O–H groups in total. The largest absolute Gasteiger partial charge is 0.339 e. The third kappa shape index (κ3) is 4.57. The number of carbonyl (C=O) groups is 1. The van der Waals surface area contributed by atoms with Crippen LogP contribution in [0.4, 0.5) is 11.4 Å². The van der Waals surface area contributed by atoms with Gasteiger partial charge in [-0.15, -0.1) is 0 Å². The number of nitro benzene ring substituents is 1. The predicted molar refractivity (Wildman–Crippen MR) is 103 cm³/mol. The Kier molecular flexibility index (Phi) is 5.87. The highest BCUT2D eigenvalue weighted by Gasteiger charge is 2.26. The molecule has 1 amide bonds. The summed E-state index contributed by atoms with van der Waals surface area (Å²) in [5.41, 5.74) is 1.52. The number of benzene rings is 1. The van der Waals surface area contributed by atoms with E-state index in [4.69, 9.17) is 0 Å². The summed E-state index contributed by atoms with van der Waals surface area (Å²) in [6.07, 6.45) is 0. The van der Waals surface area contributed by atoms with Gasteiger partial charge >= 0.3 is 5.69 Å². The molecule has 11 heteroatoms. The molecule has 0 atom stereocenters. The van der Waals surface area contributed by atoms with Gasteiger partial charge in [0.1, 0.15) is 17.9 Å². The Hall–Kier alpha value is -3.34. The molecular formula is C18H22N6O5. The predicted octanol–water partition coefficient (Wildman–Crippen LogP) is 1.66. The van der Waals surface area contributed by atoms with E-state index in [9.17, 15) is 25.0 Å². The summed E-state index contributed by atoms with van der Waals surface area (Å²) in [6, 6.07) is 6.54. The van der Waals surface area contributed by atoms with E-state index < -0.39 is 9.85 Å². The Balaban J connectivity index is 1.56. The van der Waals surface area contributed by atoms with Crippen LogP contribution in [-0.4, -0.2) is 61.5 Å². The molecule has 0 radical (unpaired) electrons. The summed E-state index contributed by atoms with van der Waals surface area (Å²) in [4.78, 5) is 37.6. The maximum absolute atomic E-state index is 12.6. The van der Waals surface area contributed by atoms with Gasteiger partial charge in [-0.1, -0.05) is 12.1 Å². The number of aromatic nitrogens is 2. The molecule has 1 aromatic heterocycles. The first kappa shape index (κ1) is 20.4. The second kappa shape index (κ2) is 8.35. The number of hydrogen-bond acceptors (Lipinski definition) is 7. The molecule has 3 rings (SSSR count). The zero-order chi connectivity index (χ0) is 21.1. The van der Waals surface area contributed by atoms with Crippen LogP contribution in [0.2, 0.25) is 0 Å². The third-order valence-corrected chi connectivity index (χ3v) is 5.06. The molecule has 1 aromatic carbocycles. The number of non-ortho nitro benzene ring substituents is 1. The van der Waals surface area contributed by atoms with E-state index in [2.05, 4.69) is 10.00 Å². The maximum atomic E-state index is 12.6. The third-order valence-electron chi connectivity index (χ3n) is 5.06. The highest BCUT2D eigenvalue weighted by Crippen LogP contribution is 2.22. The monoisotopic (exact) mass is 402 g/mol.